The van der Waals surface area contributed by atoms with E-state index in [2.05, 4.69) is 16.0 Å². The third kappa shape index (κ3) is 4.86. The molecule has 1 aliphatic rings. The molecule has 0 unspecified atom stereocenters. The Balaban J connectivity index is 1.76. The van der Waals surface area contributed by atoms with Gasteiger partial charge in [0.2, 0.25) is 5.91 Å². The summed E-state index contributed by atoms with van der Waals surface area (Å²) in [7, 11) is 1.66. The van der Waals surface area contributed by atoms with E-state index in [1.165, 1.54) is 0 Å². The second-order valence-corrected chi connectivity index (χ2v) is 6.42. The van der Waals surface area contributed by atoms with Crippen molar-refractivity contribution in [3.63, 3.8) is 0 Å². The number of nitrogens with one attached hydrogen (secondary N) is 3. The van der Waals surface area contributed by atoms with Gasteiger partial charge in [-0.25, -0.2) is 4.79 Å². The molecule has 2 rings (SSSR count). The van der Waals surface area contributed by atoms with Gasteiger partial charge in [-0.05, 0) is 49.8 Å². The summed E-state index contributed by atoms with van der Waals surface area (Å²) < 4.78 is 0. The molecule has 0 spiro atoms. The van der Waals surface area contributed by atoms with E-state index < -0.39 is 0 Å². The quantitative estimate of drug-likeness (QED) is 0.790. The Labute approximate surface area is 142 Å². The molecule has 3 amide bonds. The van der Waals surface area contributed by atoms with Gasteiger partial charge in [-0.15, -0.1) is 0 Å². The van der Waals surface area contributed by atoms with Gasteiger partial charge in [-0.3, -0.25) is 4.79 Å². The molecule has 1 fully saturated rings. The summed E-state index contributed by atoms with van der Waals surface area (Å²) in [5.74, 6) is 0.180. The van der Waals surface area contributed by atoms with Crippen LogP contribution in [0, 0.1) is 12.8 Å². The van der Waals surface area contributed by atoms with Crippen LogP contribution < -0.4 is 16.0 Å². The minimum atomic E-state index is -0.173. The first kappa shape index (κ1) is 17.6. The number of hydrogen-bond acceptors (Lipinski definition) is 2. The molecule has 23 heavy (non-hydrogen) atoms. The van der Waals surface area contributed by atoms with Crippen LogP contribution in [0.25, 0.3) is 0 Å². The first-order valence-electron chi connectivity index (χ1n) is 8.01. The SMILES string of the molecule is CNC(=O)C1CCC(NC(=O)NCc2cccc(Cl)c2C)CC1. The topological polar surface area (TPSA) is 70.2 Å². The number of halogens is 1. The largest absolute Gasteiger partial charge is 0.359 e. The highest BCUT2D eigenvalue weighted by molar-refractivity contribution is 6.31. The number of amides is 3. The Bertz CT molecular complexity index is 569. The van der Waals surface area contributed by atoms with Crippen LogP contribution in [0.1, 0.15) is 36.8 Å². The molecule has 0 saturated heterocycles. The molecule has 1 aromatic rings. The Kier molecular flexibility index (Phi) is 6.28. The lowest BCUT2D eigenvalue weighted by atomic mass is 9.85. The second-order valence-electron chi connectivity index (χ2n) is 6.01. The van der Waals surface area contributed by atoms with Crippen molar-refractivity contribution < 1.29 is 9.59 Å². The molecular weight excluding hydrogens is 314 g/mol. The van der Waals surface area contributed by atoms with E-state index in [0.29, 0.717) is 11.6 Å². The fourth-order valence-electron chi connectivity index (χ4n) is 2.96. The standard InChI is InChI=1S/C17H24ClN3O2/c1-11-13(4-3-5-15(11)18)10-20-17(23)21-14-8-6-12(7-9-14)16(22)19-2/h3-5,12,14H,6-10H2,1-2H3,(H,19,22)(H2,20,21,23). The highest BCUT2D eigenvalue weighted by Crippen LogP contribution is 2.24. The van der Waals surface area contributed by atoms with E-state index in [1.54, 1.807) is 7.05 Å². The van der Waals surface area contributed by atoms with Crippen molar-refractivity contribution in [1.29, 1.82) is 0 Å². The third-order valence-corrected chi connectivity index (χ3v) is 4.91. The predicted molar refractivity (Wildman–Crippen MR) is 91.4 cm³/mol. The van der Waals surface area contributed by atoms with Crippen LogP contribution in [0.2, 0.25) is 5.02 Å². The average molecular weight is 338 g/mol. The fourth-order valence-corrected chi connectivity index (χ4v) is 3.15. The van der Waals surface area contributed by atoms with E-state index in [4.69, 9.17) is 11.6 Å². The van der Waals surface area contributed by atoms with Gasteiger partial charge in [-0.2, -0.15) is 0 Å². The minimum absolute atomic E-state index is 0.0789. The summed E-state index contributed by atoms with van der Waals surface area (Å²) in [4.78, 5) is 23.6. The van der Waals surface area contributed by atoms with Crippen LogP contribution in [0.3, 0.4) is 0 Å². The van der Waals surface area contributed by atoms with E-state index in [9.17, 15) is 9.59 Å². The summed E-state index contributed by atoms with van der Waals surface area (Å²) >= 11 is 6.07. The summed E-state index contributed by atoms with van der Waals surface area (Å²) in [5.41, 5.74) is 2.00. The molecule has 0 aromatic heterocycles. The van der Waals surface area contributed by atoms with E-state index in [-0.39, 0.29) is 23.9 Å². The van der Waals surface area contributed by atoms with Crippen molar-refractivity contribution in [3.8, 4) is 0 Å². The van der Waals surface area contributed by atoms with Crippen LogP contribution in [-0.4, -0.2) is 25.0 Å². The third-order valence-electron chi connectivity index (χ3n) is 4.50. The van der Waals surface area contributed by atoms with Crippen LogP contribution >= 0.6 is 11.6 Å². The van der Waals surface area contributed by atoms with Crippen molar-refractivity contribution in [2.75, 3.05) is 7.05 Å². The van der Waals surface area contributed by atoms with Crippen molar-refractivity contribution >= 4 is 23.5 Å². The van der Waals surface area contributed by atoms with Crippen LogP contribution in [-0.2, 0) is 11.3 Å². The van der Waals surface area contributed by atoms with Gasteiger partial charge in [0.1, 0.15) is 0 Å². The van der Waals surface area contributed by atoms with E-state index >= 15 is 0 Å². The number of carbonyl (C=O) groups is 2. The number of carbonyl (C=O) groups excluding carboxylic acids is 2. The Morgan fingerprint density at radius 3 is 2.57 bits per heavy atom. The smallest absolute Gasteiger partial charge is 0.315 e. The molecule has 126 valence electrons. The highest BCUT2D eigenvalue weighted by Gasteiger charge is 2.26. The molecule has 6 heteroatoms. The zero-order chi connectivity index (χ0) is 16.8. The van der Waals surface area contributed by atoms with Gasteiger partial charge >= 0.3 is 6.03 Å². The first-order valence-corrected chi connectivity index (χ1v) is 8.39. The highest BCUT2D eigenvalue weighted by atomic mass is 35.5. The fraction of sp³-hybridized carbons (Fsp3) is 0.529. The van der Waals surface area contributed by atoms with Crippen LogP contribution in [0.15, 0.2) is 18.2 Å². The minimum Gasteiger partial charge on any atom is -0.359 e. The molecule has 0 atom stereocenters. The molecule has 0 aliphatic heterocycles. The number of rotatable bonds is 4. The van der Waals surface area contributed by atoms with Crippen LogP contribution in [0.4, 0.5) is 4.79 Å². The molecule has 1 saturated carbocycles. The Morgan fingerprint density at radius 1 is 1.22 bits per heavy atom. The predicted octanol–water partition coefficient (Wildman–Crippen LogP) is 2.75. The zero-order valence-corrected chi connectivity index (χ0v) is 14.4. The molecule has 3 N–H and O–H groups in total. The Morgan fingerprint density at radius 2 is 1.91 bits per heavy atom. The van der Waals surface area contributed by atoms with Gasteiger partial charge in [-0.1, -0.05) is 23.7 Å². The maximum atomic E-state index is 12.0. The van der Waals surface area contributed by atoms with Gasteiger partial charge in [0.05, 0.1) is 0 Å². The summed E-state index contributed by atoms with van der Waals surface area (Å²) in [6.07, 6.45) is 3.31. The monoisotopic (exact) mass is 337 g/mol. The second kappa shape index (κ2) is 8.20. The molecule has 1 aliphatic carbocycles. The summed E-state index contributed by atoms with van der Waals surface area (Å²) in [6.45, 7) is 2.39. The lowest BCUT2D eigenvalue weighted by Crippen LogP contribution is -2.44. The molecular formula is C17H24ClN3O2. The van der Waals surface area contributed by atoms with Crippen molar-refractivity contribution in [2.24, 2.45) is 5.92 Å². The number of urea groups is 1. The molecule has 0 bridgehead atoms. The Hall–Kier alpha value is -1.75. The van der Waals surface area contributed by atoms with Gasteiger partial charge in [0, 0.05) is 30.6 Å². The molecule has 0 radical (unpaired) electrons. The summed E-state index contributed by atoms with van der Waals surface area (Å²) in [6, 6.07) is 5.63. The van der Waals surface area contributed by atoms with Crippen molar-refractivity contribution in [3.05, 3.63) is 34.3 Å². The molecule has 0 heterocycles. The van der Waals surface area contributed by atoms with Gasteiger partial charge in [0.25, 0.3) is 0 Å². The molecule has 5 nitrogen and oxygen atoms in total. The maximum Gasteiger partial charge on any atom is 0.315 e. The number of hydrogen-bond donors (Lipinski definition) is 3. The number of benzene rings is 1. The van der Waals surface area contributed by atoms with Crippen LogP contribution in [0.5, 0.6) is 0 Å². The lowest BCUT2D eigenvalue weighted by molar-refractivity contribution is -0.125. The van der Waals surface area contributed by atoms with E-state index in [1.807, 2.05) is 25.1 Å². The maximum absolute atomic E-state index is 12.0. The first-order chi connectivity index (χ1) is 11.0. The summed E-state index contributed by atoms with van der Waals surface area (Å²) in [5, 5.41) is 9.25. The lowest BCUT2D eigenvalue weighted by Gasteiger charge is -2.28. The molecule has 1 aromatic carbocycles. The zero-order valence-electron chi connectivity index (χ0n) is 13.6. The van der Waals surface area contributed by atoms with Crippen molar-refractivity contribution in [1.82, 2.24) is 16.0 Å². The average Bonchev–Trinajstić information content (AvgIpc) is 2.56. The van der Waals surface area contributed by atoms with Gasteiger partial charge < -0.3 is 16.0 Å². The normalized spacial score (nSPS) is 20.7. The van der Waals surface area contributed by atoms with Crippen molar-refractivity contribution in [2.45, 2.75) is 45.2 Å². The van der Waals surface area contributed by atoms with Gasteiger partial charge in [0.15, 0.2) is 0 Å². The van der Waals surface area contributed by atoms with E-state index in [0.717, 1.165) is 36.8 Å².